The Morgan fingerprint density at radius 3 is 1.96 bits per heavy atom. The third kappa shape index (κ3) is 5.01. The van der Waals surface area contributed by atoms with E-state index in [4.69, 9.17) is 14.2 Å². The summed E-state index contributed by atoms with van der Waals surface area (Å²) in [5, 5.41) is 3.27. The summed E-state index contributed by atoms with van der Waals surface area (Å²) in [5.41, 5.74) is 0.741. The topological polar surface area (TPSA) is 43.0 Å². The van der Waals surface area contributed by atoms with Crippen LogP contribution in [0.25, 0.3) is 0 Å². The molecule has 0 bridgehead atoms. The van der Waals surface area contributed by atoms with E-state index in [9.17, 15) is 4.39 Å². The van der Waals surface area contributed by atoms with Crippen molar-refractivity contribution < 1.29 is 18.6 Å². The minimum absolute atomic E-state index is 0. The molecule has 1 aliphatic rings. The standard InChI is InChI=1S/C15H23FN2O3.2ClH/c1-19-11-8-13(20-2)15(14(9-11)21-3)12(10-16)18-6-4-17-5-7-18;;/h8-9,12,17H,4-7,10H2,1-3H3;2*1H/t12-;;/m1../s1. The molecule has 0 amide bonds. The predicted molar refractivity (Wildman–Crippen MR) is 93.8 cm³/mol. The van der Waals surface area contributed by atoms with E-state index >= 15 is 0 Å². The molecule has 0 spiro atoms. The number of halogens is 3. The van der Waals surface area contributed by atoms with E-state index in [-0.39, 0.29) is 30.9 Å². The van der Waals surface area contributed by atoms with Crippen LogP contribution >= 0.6 is 24.8 Å². The van der Waals surface area contributed by atoms with Gasteiger partial charge in [-0.2, -0.15) is 0 Å². The van der Waals surface area contributed by atoms with Gasteiger partial charge >= 0.3 is 0 Å². The minimum atomic E-state index is -0.487. The number of hydrogen-bond acceptors (Lipinski definition) is 5. The summed E-state index contributed by atoms with van der Waals surface area (Å²) in [6.45, 7) is 2.83. The number of hydrogen-bond donors (Lipinski definition) is 1. The van der Waals surface area contributed by atoms with E-state index in [0.717, 1.165) is 31.7 Å². The van der Waals surface area contributed by atoms with Crippen LogP contribution in [0.4, 0.5) is 4.39 Å². The first-order valence-electron chi connectivity index (χ1n) is 7.05. The van der Waals surface area contributed by atoms with Gasteiger partial charge in [0.05, 0.1) is 32.9 Å². The van der Waals surface area contributed by atoms with E-state index in [0.29, 0.717) is 17.2 Å². The quantitative estimate of drug-likeness (QED) is 0.832. The number of benzene rings is 1. The van der Waals surface area contributed by atoms with E-state index in [1.165, 1.54) is 0 Å². The van der Waals surface area contributed by atoms with Gasteiger partial charge in [0, 0.05) is 38.3 Å². The molecule has 1 fully saturated rings. The zero-order valence-electron chi connectivity index (χ0n) is 13.6. The van der Waals surface area contributed by atoms with Crippen molar-refractivity contribution in [3.63, 3.8) is 0 Å². The van der Waals surface area contributed by atoms with Crippen LogP contribution in [0.1, 0.15) is 11.6 Å². The van der Waals surface area contributed by atoms with Crippen LogP contribution in [-0.2, 0) is 0 Å². The molecule has 134 valence electrons. The summed E-state index contributed by atoms with van der Waals surface area (Å²) in [4.78, 5) is 2.11. The highest BCUT2D eigenvalue weighted by Crippen LogP contribution is 2.40. The minimum Gasteiger partial charge on any atom is -0.496 e. The lowest BCUT2D eigenvalue weighted by atomic mass is 10.0. The maximum absolute atomic E-state index is 13.7. The van der Waals surface area contributed by atoms with E-state index in [1.54, 1.807) is 33.5 Å². The molecule has 1 aliphatic heterocycles. The largest absolute Gasteiger partial charge is 0.496 e. The average Bonchev–Trinajstić information content (AvgIpc) is 2.56. The Bertz CT molecular complexity index is 449. The fourth-order valence-electron chi connectivity index (χ4n) is 2.71. The summed E-state index contributed by atoms with van der Waals surface area (Å²) < 4.78 is 29.8. The highest BCUT2D eigenvalue weighted by molar-refractivity contribution is 5.85. The highest BCUT2D eigenvalue weighted by atomic mass is 35.5. The third-order valence-electron chi connectivity index (χ3n) is 3.82. The SMILES string of the molecule is COc1cc(OC)c([C@@H](CF)N2CCNCC2)c(OC)c1.Cl.Cl. The van der Waals surface area contributed by atoms with Gasteiger partial charge in [0.2, 0.25) is 0 Å². The maximum atomic E-state index is 13.7. The number of nitrogens with one attached hydrogen (secondary N) is 1. The Labute approximate surface area is 149 Å². The monoisotopic (exact) mass is 370 g/mol. The number of alkyl halides is 1. The Balaban J connectivity index is 0.00000242. The van der Waals surface area contributed by atoms with Crippen LogP contribution < -0.4 is 19.5 Å². The first-order valence-corrected chi connectivity index (χ1v) is 7.05. The zero-order valence-corrected chi connectivity index (χ0v) is 15.3. The molecule has 1 aromatic rings. The van der Waals surface area contributed by atoms with E-state index in [2.05, 4.69) is 10.2 Å². The van der Waals surface area contributed by atoms with Crippen LogP contribution in [0, 0.1) is 0 Å². The fourth-order valence-corrected chi connectivity index (χ4v) is 2.71. The maximum Gasteiger partial charge on any atom is 0.131 e. The molecular formula is C15H25Cl2FN2O3. The molecule has 1 heterocycles. The molecule has 0 aliphatic carbocycles. The van der Waals surface area contributed by atoms with Crippen molar-refractivity contribution in [1.29, 1.82) is 0 Å². The lowest BCUT2D eigenvalue weighted by Gasteiger charge is -2.34. The van der Waals surface area contributed by atoms with Crippen molar-refractivity contribution >= 4 is 24.8 Å². The number of nitrogens with zero attached hydrogens (tertiary/aromatic N) is 1. The molecule has 0 unspecified atom stereocenters. The predicted octanol–water partition coefficient (Wildman–Crippen LogP) is 2.47. The summed E-state index contributed by atoms with van der Waals surface area (Å²) in [6.07, 6.45) is 0. The van der Waals surface area contributed by atoms with Crippen molar-refractivity contribution in [2.45, 2.75) is 6.04 Å². The van der Waals surface area contributed by atoms with Gasteiger partial charge in [-0.1, -0.05) is 0 Å². The molecular weight excluding hydrogens is 346 g/mol. The summed E-state index contributed by atoms with van der Waals surface area (Å²) >= 11 is 0. The van der Waals surface area contributed by atoms with Gasteiger partial charge in [-0.15, -0.1) is 24.8 Å². The molecule has 0 saturated carbocycles. The average molecular weight is 371 g/mol. The zero-order chi connectivity index (χ0) is 15.2. The number of piperazine rings is 1. The molecule has 0 radical (unpaired) electrons. The summed E-state index contributed by atoms with van der Waals surface area (Å²) in [6, 6.07) is 3.16. The Morgan fingerprint density at radius 1 is 1.04 bits per heavy atom. The van der Waals surface area contributed by atoms with Gasteiger partial charge in [-0.3, -0.25) is 4.90 Å². The van der Waals surface area contributed by atoms with Gasteiger partial charge < -0.3 is 19.5 Å². The first kappa shape index (κ1) is 22.1. The van der Waals surface area contributed by atoms with Crippen LogP contribution in [0.5, 0.6) is 17.2 Å². The lowest BCUT2D eigenvalue weighted by Crippen LogP contribution is -2.45. The summed E-state index contributed by atoms with van der Waals surface area (Å²) in [7, 11) is 4.73. The van der Waals surface area contributed by atoms with Crippen LogP contribution in [-0.4, -0.2) is 59.1 Å². The van der Waals surface area contributed by atoms with Gasteiger partial charge in [0.1, 0.15) is 23.9 Å². The van der Waals surface area contributed by atoms with Crippen LogP contribution in [0.2, 0.25) is 0 Å². The van der Waals surface area contributed by atoms with Crippen molar-refractivity contribution in [3.8, 4) is 17.2 Å². The number of ether oxygens (including phenoxy) is 3. The van der Waals surface area contributed by atoms with Gasteiger partial charge in [0.15, 0.2) is 0 Å². The van der Waals surface area contributed by atoms with E-state index < -0.39 is 6.67 Å². The highest BCUT2D eigenvalue weighted by Gasteiger charge is 2.28. The summed E-state index contributed by atoms with van der Waals surface area (Å²) in [5.74, 6) is 1.81. The Kier molecular flexibility index (Phi) is 10.3. The Morgan fingerprint density at radius 2 is 1.57 bits per heavy atom. The smallest absolute Gasteiger partial charge is 0.131 e. The van der Waals surface area contributed by atoms with Crippen molar-refractivity contribution in [1.82, 2.24) is 10.2 Å². The van der Waals surface area contributed by atoms with Crippen molar-refractivity contribution in [2.24, 2.45) is 0 Å². The molecule has 0 aromatic heterocycles. The molecule has 1 saturated heterocycles. The normalized spacial score (nSPS) is 15.8. The third-order valence-corrected chi connectivity index (χ3v) is 3.82. The van der Waals surface area contributed by atoms with Gasteiger partial charge in [-0.05, 0) is 0 Å². The molecule has 23 heavy (non-hydrogen) atoms. The molecule has 1 N–H and O–H groups in total. The molecule has 2 rings (SSSR count). The van der Waals surface area contributed by atoms with Crippen molar-refractivity contribution in [3.05, 3.63) is 17.7 Å². The molecule has 1 atom stereocenters. The first-order chi connectivity index (χ1) is 10.2. The van der Waals surface area contributed by atoms with Gasteiger partial charge in [-0.25, -0.2) is 4.39 Å². The van der Waals surface area contributed by atoms with Crippen LogP contribution in [0.15, 0.2) is 12.1 Å². The molecule has 5 nitrogen and oxygen atoms in total. The molecule has 1 aromatic carbocycles. The number of rotatable bonds is 6. The lowest BCUT2D eigenvalue weighted by molar-refractivity contribution is 0.142. The van der Waals surface area contributed by atoms with Gasteiger partial charge in [0.25, 0.3) is 0 Å². The Hall–Kier alpha value is -0.950. The second-order valence-electron chi connectivity index (χ2n) is 4.90. The number of methoxy groups -OCH3 is 3. The van der Waals surface area contributed by atoms with E-state index in [1.807, 2.05) is 0 Å². The van der Waals surface area contributed by atoms with Crippen molar-refractivity contribution in [2.75, 3.05) is 54.2 Å². The van der Waals surface area contributed by atoms with Crippen LogP contribution in [0.3, 0.4) is 0 Å². The molecule has 8 heteroatoms. The second-order valence-corrected chi connectivity index (χ2v) is 4.90. The second kappa shape index (κ2) is 10.8. The fraction of sp³-hybridized carbons (Fsp3) is 0.600.